The number of carbonyl (C=O) groups excluding carboxylic acids is 1. The van der Waals surface area contributed by atoms with Crippen LogP contribution < -0.4 is 9.62 Å². The van der Waals surface area contributed by atoms with Gasteiger partial charge in [0.05, 0.1) is 27.5 Å². The van der Waals surface area contributed by atoms with Crippen LogP contribution in [0.4, 0.5) is 15.8 Å². The van der Waals surface area contributed by atoms with E-state index in [1.807, 2.05) is 36.4 Å². The zero-order valence-corrected chi connectivity index (χ0v) is 19.0. The molecule has 1 aliphatic rings. The van der Waals surface area contributed by atoms with Crippen LogP contribution in [0.5, 0.6) is 0 Å². The van der Waals surface area contributed by atoms with Gasteiger partial charge >= 0.3 is 0 Å². The highest BCUT2D eigenvalue weighted by atomic mass is 35.5. The first kappa shape index (κ1) is 21.6. The van der Waals surface area contributed by atoms with E-state index in [4.69, 9.17) is 11.6 Å². The third-order valence-electron chi connectivity index (χ3n) is 5.51. The van der Waals surface area contributed by atoms with E-state index in [0.717, 1.165) is 17.3 Å². The lowest BCUT2D eigenvalue weighted by Crippen LogP contribution is -2.20. The Morgan fingerprint density at radius 3 is 2.70 bits per heavy atom. The van der Waals surface area contributed by atoms with Crippen LogP contribution in [0.15, 0.2) is 72.8 Å². The Hall–Kier alpha value is -3.29. The van der Waals surface area contributed by atoms with Crippen molar-refractivity contribution in [1.29, 1.82) is 0 Å². The van der Waals surface area contributed by atoms with E-state index in [1.54, 1.807) is 28.6 Å². The molecule has 2 heterocycles. The van der Waals surface area contributed by atoms with Crippen molar-refractivity contribution in [2.45, 2.75) is 6.42 Å². The van der Waals surface area contributed by atoms with Gasteiger partial charge in [0.15, 0.2) is 0 Å². The predicted octanol–water partition coefficient (Wildman–Crippen LogP) is 5.82. The minimum Gasteiger partial charge on any atom is -0.322 e. The van der Waals surface area contributed by atoms with Crippen molar-refractivity contribution < 1.29 is 13.4 Å². The number of nitrogens with one attached hydrogen (secondary N) is 1. The van der Waals surface area contributed by atoms with Gasteiger partial charge in [-0.05, 0) is 55.0 Å². The zero-order valence-electron chi connectivity index (χ0n) is 17.4. The van der Waals surface area contributed by atoms with Crippen LogP contribution in [0.2, 0.25) is 5.02 Å². The average Bonchev–Trinajstić information content (AvgIpc) is 3.25. The second-order valence-corrected chi connectivity index (χ2v) is 9.58. The molecule has 1 amide bonds. The Bertz CT molecular complexity index is 1410. The van der Waals surface area contributed by atoms with Crippen molar-refractivity contribution >= 4 is 50.8 Å². The fourth-order valence-electron chi connectivity index (χ4n) is 3.85. The molecule has 1 aliphatic heterocycles. The van der Waals surface area contributed by atoms with Crippen LogP contribution in [-0.2, 0) is 11.0 Å². The standard InChI is InChI=1S/C25H19ClFN3O2S/c26-21-10-7-17(14-20(21)24-11-6-16-4-1-2-5-23(16)29-24)28-25(31)19-9-8-18(15-22(19)27)30-12-3-13-33(30)32/h1-2,4-11,14-15H,3,12-13H2,(H,28,31). The van der Waals surface area contributed by atoms with Gasteiger partial charge in [-0.1, -0.05) is 35.9 Å². The van der Waals surface area contributed by atoms with Gasteiger partial charge in [0, 0.05) is 28.9 Å². The highest BCUT2D eigenvalue weighted by Gasteiger charge is 2.22. The summed E-state index contributed by atoms with van der Waals surface area (Å²) in [5, 5.41) is 4.24. The van der Waals surface area contributed by atoms with Crippen molar-refractivity contribution in [3.8, 4) is 11.3 Å². The van der Waals surface area contributed by atoms with E-state index in [0.29, 0.717) is 40.0 Å². The van der Waals surface area contributed by atoms with Crippen LogP contribution in [-0.4, -0.2) is 27.4 Å². The fraction of sp³-hybridized carbons (Fsp3) is 0.120. The second kappa shape index (κ2) is 8.92. The highest BCUT2D eigenvalue weighted by Crippen LogP contribution is 2.31. The summed E-state index contributed by atoms with van der Waals surface area (Å²) in [6.07, 6.45) is 0.793. The molecular weight excluding hydrogens is 461 g/mol. The molecule has 5 nitrogen and oxygen atoms in total. The SMILES string of the molecule is O=C(Nc1ccc(Cl)c(-c2ccc3ccccc3n2)c1)c1ccc(N2CCCS2=O)cc1F. The van der Waals surface area contributed by atoms with Crippen molar-refractivity contribution in [3.63, 3.8) is 0 Å². The summed E-state index contributed by atoms with van der Waals surface area (Å²) in [6, 6.07) is 20.9. The van der Waals surface area contributed by atoms with Crippen molar-refractivity contribution in [3.05, 3.63) is 89.2 Å². The number of benzene rings is 3. The molecule has 3 aromatic carbocycles. The van der Waals surface area contributed by atoms with Crippen molar-refractivity contribution in [2.24, 2.45) is 0 Å². The summed E-state index contributed by atoms with van der Waals surface area (Å²) in [4.78, 5) is 17.4. The molecule has 0 bridgehead atoms. The highest BCUT2D eigenvalue weighted by molar-refractivity contribution is 7.86. The number of carbonyl (C=O) groups is 1. The van der Waals surface area contributed by atoms with Crippen molar-refractivity contribution in [1.82, 2.24) is 4.98 Å². The summed E-state index contributed by atoms with van der Waals surface area (Å²) in [5.74, 6) is -0.685. The van der Waals surface area contributed by atoms with Gasteiger partial charge in [-0.25, -0.2) is 13.6 Å². The minimum absolute atomic E-state index is 0.0935. The molecule has 166 valence electrons. The molecule has 4 aromatic rings. The first-order valence-electron chi connectivity index (χ1n) is 10.4. The Morgan fingerprint density at radius 2 is 1.91 bits per heavy atom. The molecule has 1 aromatic heterocycles. The number of rotatable bonds is 4. The largest absolute Gasteiger partial charge is 0.322 e. The molecule has 1 N–H and O–H groups in total. The molecule has 0 saturated carbocycles. The molecule has 1 unspecified atom stereocenters. The van der Waals surface area contributed by atoms with E-state index in [-0.39, 0.29) is 5.56 Å². The molecule has 1 fully saturated rings. The Labute approximate surface area is 197 Å². The Kier molecular flexibility index (Phi) is 5.83. The number of aromatic nitrogens is 1. The summed E-state index contributed by atoms with van der Waals surface area (Å²) < 4.78 is 28.4. The normalized spacial score (nSPS) is 15.7. The predicted molar refractivity (Wildman–Crippen MR) is 132 cm³/mol. The zero-order chi connectivity index (χ0) is 22.9. The van der Waals surface area contributed by atoms with Crippen LogP contribution in [0, 0.1) is 5.82 Å². The summed E-state index contributed by atoms with van der Waals surface area (Å²) >= 11 is 6.41. The maximum Gasteiger partial charge on any atom is 0.258 e. The smallest absolute Gasteiger partial charge is 0.258 e. The van der Waals surface area contributed by atoms with Gasteiger partial charge in [-0.3, -0.25) is 9.10 Å². The number of hydrogen-bond donors (Lipinski definition) is 1. The van der Waals surface area contributed by atoms with Crippen LogP contribution in [0.25, 0.3) is 22.2 Å². The van der Waals surface area contributed by atoms with Crippen LogP contribution in [0.3, 0.4) is 0 Å². The van der Waals surface area contributed by atoms with E-state index in [2.05, 4.69) is 10.3 Å². The Balaban J connectivity index is 1.40. The average molecular weight is 480 g/mol. The van der Waals surface area contributed by atoms with Gasteiger partial charge in [0.2, 0.25) is 0 Å². The molecule has 5 rings (SSSR count). The van der Waals surface area contributed by atoms with E-state index in [1.165, 1.54) is 12.1 Å². The number of hydrogen-bond acceptors (Lipinski definition) is 3. The third-order valence-corrected chi connectivity index (χ3v) is 7.36. The van der Waals surface area contributed by atoms with Gasteiger partial charge in [0.1, 0.15) is 16.8 Å². The van der Waals surface area contributed by atoms with Gasteiger partial charge in [0.25, 0.3) is 5.91 Å². The maximum absolute atomic E-state index is 14.7. The fourth-order valence-corrected chi connectivity index (χ4v) is 5.34. The Morgan fingerprint density at radius 1 is 1.06 bits per heavy atom. The number of para-hydroxylation sites is 1. The molecule has 1 atom stereocenters. The van der Waals surface area contributed by atoms with Crippen LogP contribution in [0.1, 0.15) is 16.8 Å². The van der Waals surface area contributed by atoms with Crippen molar-refractivity contribution in [2.75, 3.05) is 21.9 Å². The number of amides is 1. The molecule has 0 spiro atoms. The molecule has 0 aliphatic carbocycles. The maximum atomic E-state index is 14.7. The van der Waals surface area contributed by atoms with E-state index < -0.39 is 22.7 Å². The number of pyridine rings is 1. The lowest BCUT2D eigenvalue weighted by molar-refractivity contribution is 0.102. The summed E-state index contributed by atoms with van der Waals surface area (Å²) in [6.45, 7) is 0.605. The monoisotopic (exact) mass is 479 g/mol. The first-order valence-corrected chi connectivity index (χ1v) is 12.1. The first-order chi connectivity index (χ1) is 16.0. The second-order valence-electron chi connectivity index (χ2n) is 7.68. The summed E-state index contributed by atoms with van der Waals surface area (Å²) in [5.41, 5.74) is 3.05. The lowest BCUT2D eigenvalue weighted by atomic mass is 10.1. The van der Waals surface area contributed by atoms with E-state index in [9.17, 15) is 13.4 Å². The van der Waals surface area contributed by atoms with Gasteiger partial charge in [-0.15, -0.1) is 0 Å². The van der Waals surface area contributed by atoms with Crippen LogP contribution >= 0.6 is 11.6 Å². The molecule has 33 heavy (non-hydrogen) atoms. The quantitative estimate of drug-likeness (QED) is 0.401. The minimum atomic E-state index is -1.15. The van der Waals surface area contributed by atoms with Gasteiger partial charge < -0.3 is 5.32 Å². The summed E-state index contributed by atoms with van der Waals surface area (Å²) in [7, 11) is -1.15. The molecule has 8 heteroatoms. The van der Waals surface area contributed by atoms with E-state index >= 15 is 0 Å². The lowest BCUT2D eigenvalue weighted by Gasteiger charge is -2.16. The number of nitrogens with zero attached hydrogens (tertiary/aromatic N) is 2. The number of anilines is 2. The third kappa shape index (κ3) is 4.34. The number of halogens is 2. The molecule has 0 radical (unpaired) electrons. The van der Waals surface area contributed by atoms with Gasteiger partial charge in [-0.2, -0.15) is 0 Å². The topological polar surface area (TPSA) is 62.3 Å². The molecule has 1 saturated heterocycles. The molecular formula is C25H19ClFN3O2S. The number of fused-ring (bicyclic) bond motifs is 1.